The van der Waals surface area contributed by atoms with Crippen molar-refractivity contribution in [3.05, 3.63) is 65.7 Å². The van der Waals surface area contributed by atoms with Crippen LogP contribution in [0.3, 0.4) is 0 Å². The quantitative estimate of drug-likeness (QED) is 0.716. The lowest BCUT2D eigenvalue weighted by Crippen LogP contribution is -2.30. The number of carbonyl (C=O) groups excluding carboxylic acids is 2. The highest BCUT2D eigenvalue weighted by atomic mass is 16.5. The molecular formula is C21H24N2O3. The number of ketones is 1. The first-order chi connectivity index (χ1) is 12.7. The van der Waals surface area contributed by atoms with Crippen LogP contribution in [0.2, 0.25) is 0 Å². The molecule has 1 atom stereocenters. The molecule has 1 aliphatic rings. The number of hydrogen-bond acceptors (Lipinski definition) is 4. The highest BCUT2D eigenvalue weighted by molar-refractivity contribution is 6.08. The Morgan fingerprint density at radius 1 is 1.04 bits per heavy atom. The molecule has 3 rings (SSSR count). The van der Waals surface area contributed by atoms with Gasteiger partial charge in [-0.25, -0.2) is 0 Å². The van der Waals surface area contributed by atoms with Crippen molar-refractivity contribution in [3.8, 4) is 5.75 Å². The van der Waals surface area contributed by atoms with E-state index in [-0.39, 0.29) is 18.3 Å². The first kappa shape index (κ1) is 18.1. The molecule has 5 heteroatoms. The normalized spacial score (nSPS) is 16.2. The van der Waals surface area contributed by atoms with Gasteiger partial charge in [-0.1, -0.05) is 30.3 Å². The fourth-order valence-corrected chi connectivity index (χ4v) is 3.04. The van der Waals surface area contributed by atoms with Crippen LogP contribution in [0.25, 0.3) is 0 Å². The number of ether oxygens (including phenoxy) is 1. The van der Waals surface area contributed by atoms with Gasteiger partial charge in [0.25, 0.3) is 5.91 Å². The molecule has 26 heavy (non-hydrogen) atoms. The van der Waals surface area contributed by atoms with Crippen molar-refractivity contribution in [2.75, 3.05) is 26.2 Å². The minimum atomic E-state index is -0.125. The van der Waals surface area contributed by atoms with Gasteiger partial charge < -0.3 is 15.4 Å². The summed E-state index contributed by atoms with van der Waals surface area (Å²) in [5.74, 6) is 1.08. The summed E-state index contributed by atoms with van der Waals surface area (Å²) in [6.07, 6.45) is 2.18. The molecule has 1 fully saturated rings. The lowest BCUT2D eigenvalue weighted by atomic mass is 10.0. The van der Waals surface area contributed by atoms with Gasteiger partial charge in [0.15, 0.2) is 12.4 Å². The Hall–Kier alpha value is -2.66. The predicted molar refractivity (Wildman–Crippen MR) is 100 cm³/mol. The third-order valence-corrected chi connectivity index (χ3v) is 4.56. The number of nitrogens with one attached hydrogen (secondary N) is 2. The van der Waals surface area contributed by atoms with Crippen LogP contribution < -0.4 is 15.4 Å². The topological polar surface area (TPSA) is 67.4 Å². The van der Waals surface area contributed by atoms with Gasteiger partial charge in [-0.15, -0.1) is 0 Å². The summed E-state index contributed by atoms with van der Waals surface area (Å²) in [4.78, 5) is 24.2. The summed E-state index contributed by atoms with van der Waals surface area (Å²) < 4.78 is 5.50. The van der Waals surface area contributed by atoms with Crippen molar-refractivity contribution >= 4 is 11.7 Å². The smallest absolute Gasteiger partial charge is 0.257 e. The first-order valence-electron chi connectivity index (χ1n) is 9.02. The molecule has 1 unspecified atom stereocenters. The van der Waals surface area contributed by atoms with E-state index in [1.54, 1.807) is 36.4 Å². The van der Waals surface area contributed by atoms with Crippen LogP contribution in [0.4, 0.5) is 0 Å². The van der Waals surface area contributed by atoms with Gasteiger partial charge in [0.05, 0.1) is 0 Å². The van der Waals surface area contributed by atoms with Crippen LogP contribution in [-0.4, -0.2) is 37.9 Å². The molecule has 0 saturated carbocycles. The van der Waals surface area contributed by atoms with Crippen molar-refractivity contribution in [2.45, 2.75) is 12.8 Å². The Balaban J connectivity index is 1.42. The molecule has 2 aromatic rings. The van der Waals surface area contributed by atoms with Gasteiger partial charge in [0.1, 0.15) is 5.75 Å². The highest BCUT2D eigenvalue weighted by Crippen LogP contribution is 2.15. The third kappa shape index (κ3) is 5.17. The molecule has 0 spiro atoms. The van der Waals surface area contributed by atoms with Crippen LogP contribution >= 0.6 is 0 Å². The molecular weight excluding hydrogens is 328 g/mol. The number of benzene rings is 2. The molecule has 1 saturated heterocycles. The Labute approximate surface area is 153 Å². The molecule has 136 valence electrons. The second kappa shape index (κ2) is 9.15. The largest absolute Gasteiger partial charge is 0.484 e. The zero-order valence-electron chi connectivity index (χ0n) is 14.7. The van der Waals surface area contributed by atoms with Crippen LogP contribution in [0.5, 0.6) is 5.75 Å². The lowest BCUT2D eigenvalue weighted by molar-refractivity contribution is -0.123. The lowest BCUT2D eigenvalue weighted by Gasteiger charge is -2.10. The van der Waals surface area contributed by atoms with E-state index in [0.29, 0.717) is 29.3 Å². The standard InChI is InChI=1S/C21H24N2O3/c24-20(23-13-11-16-10-12-22-14-16)15-26-19-8-6-18(7-9-19)21(25)17-4-2-1-3-5-17/h1-9,16,22H,10-15H2,(H,23,24). The van der Waals surface area contributed by atoms with Gasteiger partial charge in [-0.2, -0.15) is 0 Å². The summed E-state index contributed by atoms with van der Waals surface area (Å²) in [7, 11) is 0. The van der Waals surface area contributed by atoms with Crippen LogP contribution in [0.15, 0.2) is 54.6 Å². The van der Waals surface area contributed by atoms with Gasteiger partial charge in [-0.3, -0.25) is 9.59 Å². The van der Waals surface area contributed by atoms with E-state index in [9.17, 15) is 9.59 Å². The Morgan fingerprint density at radius 3 is 2.46 bits per heavy atom. The van der Waals surface area contributed by atoms with E-state index in [1.807, 2.05) is 18.2 Å². The second-order valence-electron chi connectivity index (χ2n) is 6.51. The molecule has 1 aliphatic heterocycles. The van der Waals surface area contributed by atoms with Crippen molar-refractivity contribution in [2.24, 2.45) is 5.92 Å². The molecule has 0 aliphatic carbocycles. The number of amides is 1. The molecule has 2 aromatic carbocycles. The first-order valence-corrected chi connectivity index (χ1v) is 9.02. The monoisotopic (exact) mass is 352 g/mol. The summed E-state index contributed by atoms with van der Waals surface area (Å²) in [6.45, 7) is 2.78. The molecule has 1 heterocycles. The zero-order valence-corrected chi connectivity index (χ0v) is 14.7. The number of carbonyl (C=O) groups is 2. The maximum atomic E-state index is 12.3. The Bertz CT molecular complexity index is 723. The maximum Gasteiger partial charge on any atom is 0.257 e. The van der Waals surface area contributed by atoms with E-state index in [4.69, 9.17) is 4.74 Å². The average molecular weight is 352 g/mol. The van der Waals surface area contributed by atoms with Crippen LogP contribution in [-0.2, 0) is 4.79 Å². The molecule has 1 amide bonds. The van der Waals surface area contributed by atoms with E-state index < -0.39 is 0 Å². The van der Waals surface area contributed by atoms with E-state index in [0.717, 1.165) is 19.5 Å². The van der Waals surface area contributed by atoms with Crippen molar-refractivity contribution in [1.82, 2.24) is 10.6 Å². The van der Waals surface area contributed by atoms with E-state index in [1.165, 1.54) is 6.42 Å². The summed E-state index contributed by atoms with van der Waals surface area (Å²) in [5, 5.41) is 6.20. The fourth-order valence-electron chi connectivity index (χ4n) is 3.04. The Morgan fingerprint density at radius 2 is 1.77 bits per heavy atom. The second-order valence-corrected chi connectivity index (χ2v) is 6.51. The average Bonchev–Trinajstić information content (AvgIpc) is 3.20. The molecule has 0 bridgehead atoms. The fraction of sp³-hybridized carbons (Fsp3) is 0.333. The van der Waals surface area contributed by atoms with E-state index in [2.05, 4.69) is 10.6 Å². The predicted octanol–water partition coefficient (Wildman–Crippen LogP) is 2.41. The third-order valence-electron chi connectivity index (χ3n) is 4.56. The molecule has 5 nitrogen and oxygen atoms in total. The highest BCUT2D eigenvalue weighted by Gasteiger charge is 2.14. The van der Waals surface area contributed by atoms with Gasteiger partial charge in [0, 0.05) is 17.7 Å². The Kier molecular flexibility index (Phi) is 6.39. The van der Waals surface area contributed by atoms with Crippen LogP contribution in [0.1, 0.15) is 28.8 Å². The van der Waals surface area contributed by atoms with E-state index >= 15 is 0 Å². The van der Waals surface area contributed by atoms with Gasteiger partial charge >= 0.3 is 0 Å². The van der Waals surface area contributed by atoms with Crippen LogP contribution in [0, 0.1) is 5.92 Å². The SMILES string of the molecule is O=C(COc1ccc(C(=O)c2ccccc2)cc1)NCCC1CCNC1. The molecule has 2 N–H and O–H groups in total. The summed E-state index contributed by atoms with van der Waals surface area (Å²) in [5.41, 5.74) is 1.25. The summed E-state index contributed by atoms with van der Waals surface area (Å²) >= 11 is 0. The maximum absolute atomic E-state index is 12.3. The molecule has 0 radical (unpaired) electrons. The minimum absolute atomic E-state index is 0.0190. The molecule has 0 aromatic heterocycles. The zero-order chi connectivity index (χ0) is 18.2. The van der Waals surface area contributed by atoms with Crippen molar-refractivity contribution < 1.29 is 14.3 Å². The van der Waals surface area contributed by atoms with Crippen molar-refractivity contribution in [1.29, 1.82) is 0 Å². The van der Waals surface area contributed by atoms with Gasteiger partial charge in [0.2, 0.25) is 0 Å². The van der Waals surface area contributed by atoms with Crippen molar-refractivity contribution in [3.63, 3.8) is 0 Å². The summed E-state index contributed by atoms with van der Waals surface area (Å²) in [6, 6.07) is 16.0. The van der Waals surface area contributed by atoms with Gasteiger partial charge in [-0.05, 0) is 56.1 Å². The number of hydrogen-bond donors (Lipinski definition) is 2. The number of rotatable bonds is 8. The minimum Gasteiger partial charge on any atom is -0.484 e.